The lowest BCUT2D eigenvalue weighted by Crippen LogP contribution is -2.38. The Labute approximate surface area is 104 Å². The second-order valence-corrected chi connectivity index (χ2v) is 4.38. The maximum Gasteiger partial charge on any atom is 0.244 e. The molecule has 1 rings (SSSR count). The number of nitriles is 1. The molecular formula is C10H15N5OS. The molecule has 1 atom stereocenters. The van der Waals surface area contributed by atoms with Gasteiger partial charge in [-0.2, -0.15) is 9.64 Å². The molecule has 3 N–H and O–H groups in total. The number of carbonyl (C=O) groups is 1. The van der Waals surface area contributed by atoms with Gasteiger partial charge in [-0.3, -0.25) is 4.79 Å². The lowest BCUT2D eigenvalue weighted by molar-refractivity contribution is -0.130. The molecular weight excluding hydrogens is 238 g/mol. The molecule has 1 amide bonds. The maximum atomic E-state index is 11.8. The molecule has 1 aromatic rings. The van der Waals surface area contributed by atoms with Crippen LogP contribution in [0.2, 0.25) is 0 Å². The number of nitrogen functional groups attached to an aromatic ring is 1. The highest BCUT2D eigenvalue weighted by molar-refractivity contribution is 7.10. The van der Waals surface area contributed by atoms with E-state index in [9.17, 15) is 4.79 Å². The van der Waals surface area contributed by atoms with Gasteiger partial charge in [0, 0.05) is 13.6 Å². The molecule has 17 heavy (non-hydrogen) atoms. The highest BCUT2D eigenvalue weighted by atomic mass is 32.1. The number of anilines is 2. The predicted octanol–water partition coefficient (Wildman–Crippen LogP) is 0.876. The molecule has 6 nitrogen and oxygen atoms in total. The normalized spacial score (nSPS) is 11.6. The number of rotatable bonds is 4. The summed E-state index contributed by atoms with van der Waals surface area (Å²) in [6.07, 6.45) is 0. The quantitative estimate of drug-likeness (QED) is 0.830. The molecule has 1 unspecified atom stereocenters. The Hall–Kier alpha value is -1.81. The number of nitrogens with one attached hydrogen (secondary N) is 1. The number of hydrogen-bond donors (Lipinski definition) is 2. The van der Waals surface area contributed by atoms with Crippen LogP contribution in [0.3, 0.4) is 0 Å². The Morgan fingerprint density at radius 3 is 2.94 bits per heavy atom. The van der Waals surface area contributed by atoms with Gasteiger partial charge in [0.2, 0.25) is 5.91 Å². The van der Waals surface area contributed by atoms with Crippen molar-refractivity contribution in [2.75, 3.05) is 24.6 Å². The first-order valence-corrected chi connectivity index (χ1v) is 5.95. The molecule has 0 aromatic carbocycles. The molecule has 0 fully saturated rings. The molecule has 0 bridgehead atoms. The summed E-state index contributed by atoms with van der Waals surface area (Å²) < 4.78 is 3.87. The van der Waals surface area contributed by atoms with E-state index >= 15 is 0 Å². The standard InChI is InChI=1S/C10H15N5OS/c1-4-15(3)10(16)6(2)13-9-7(5-11)8(12)14-17-9/h6,13H,4H2,1-3H3,(H2,12,14). The van der Waals surface area contributed by atoms with Crippen molar-refractivity contribution in [3.8, 4) is 6.07 Å². The van der Waals surface area contributed by atoms with Crippen LogP contribution in [0.25, 0.3) is 0 Å². The molecule has 92 valence electrons. The molecule has 0 saturated carbocycles. The number of amides is 1. The molecule has 0 saturated heterocycles. The zero-order valence-corrected chi connectivity index (χ0v) is 10.8. The number of hydrogen-bond acceptors (Lipinski definition) is 6. The monoisotopic (exact) mass is 253 g/mol. The molecule has 1 aromatic heterocycles. The van der Waals surface area contributed by atoms with Gasteiger partial charge >= 0.3 is 0 Å². The minimum Gasteiger partial charge on any atom is -0.382 e. The van der Waals surface area contributed by atoms with Crippen LogP contribution >= 0.6 is 11.5 Å². The van der Waals surface area contributed by atoms with Crippen molar-refractivity contribution < 1.29 is 4.79 Å². The minimum absolute atomic E-state index is 0.0386. The third-order valence-electron chi connectivity index (χ3n) is 2.40. The third-order valence-corrected chi connectivity index (χ3v) is 3.19. The minimum atomic E-state index is -0.410. The Bertz CT molecular complexity index is 450. The average molecular weight is 253 g/mol. The van der Waals surface area contributed by atoms with Gasteiger partial charge in [-0.05, 0) is 25.4 Å². The van der Waals surface area contributed by atoms with E-state index in [0.29, 0.717) is 17.1 Å². The summed E-state index contributed by atoms with van der Waals surface area (Å²) in [6, 6.07) is 1.56. The summed E-state index contributed by atoms with van der Waals surface area (Å²) in [5.41, 5.74) is 5.83. The van der Waals surface area contributed by atoms with E-state index in [-0.39, 0.29) is 11.7 Å². The Balaban J connectivity index is 2.78. The number of carbonyl (C=O) groups excluding carboxylic acids is 1. The van der Waals surface area contributed by atoms with E-state index in [1.165, 1.54) is 0 Å². The van der Waals surface area contributed by atoms with Crippen LogP contribution in [0.1, 0.15) is 19.4 Å². The van der Waals surface area contributed by atoms with Crippen molar-refractivity contribution >= 4 is 28.3 Å². The zero-order chi connectivity index (χ0) is 13.0. The smallest absolute Gasteiger partial charge is 0.244 e. The van der Waals surface area contributed by atoms with E-state index in [1.807, 2.05) is 13.0 Å². The lowest BCUT2D eigenvalue weighted by Gasteiger charge is -2.20. The van der Waals surface area contributed by atoms with Crippen LogP contribution < -0.4 is 11.1 Å². The number of likely N-dealkylation sites (N-methyl/N-ethyl adjacent to an activating group) is 1. The average Bonchev–Trinajstić information content (AvgIpc) is 2.67. The second kappa shape index (κ2) is 5.50. The maximum absolute atomic E-state index is 11.8. The topological polar surface area (TPSA) is 95.0 Å². The van der Waals surface area contributed by atoms with E-state index in [4.69, 9.17) is 11.0 Å². The SMILES string of the molecule is CCN(C)C(=O)C(C)Nc1snc(N)c1C#N. The molecule has 7 heteroatoms. The fourth-order valence-electron chi connectivity index (χ4n) is 1.25. The number of aromatic nitrogens is 1. The van der Waals surface area contributed by atoms with Gasteiger partial charge in [0.25, 0.3) is 0 Å². The van der Waals surface area contributed by atoms with Crippen molar-refractivity contribution in [3.63, 3.8) is 0 Å². The first kappa shape index (κ1) is 13.3. The van der Waals surface area contributed by atoms with Crippen LogP contribution in [0.5, 0.6) is 0 Å². The van der Waals surface area contributed by atoms with Crippen molar-refractivity contribution in [1.82, 2.24) is 9.27 Å². The zero-order valence-electron chi connectivity index (χ0n) is 10.0. The molecule has 0 aliphatic carbocycles. The highest BCUT2D eigenvalue weighted by Crippen LogP contribution is 2.26. The van der Waals surface area contributed by atoms with E-state index in [0.717, 1.165) is 11.5 Å². The predicted molar refractivity (Wildman–Crippen MR) is 67.6 cm³/mol. The van der Waals surface area contributed by atoms with Crippen LogP contribution in [-0.2, 0) is 4.79 Å². The fraction of sp³-hybridized carbons (Fsp3) is 0.500. The fourth-order valence-corrected chi connectivity index (χ4v) is 2.01. The van der Waals surface area contributed by atoms with Gasteiger partial charge in [0.05, 0.1) is 0 Å². The van der Waals surface area contributed by atoms with Crippen LogP contribution in [-0.4, -0.2) is 34.8 Å². The summed E-state index contributed by atoms with van der Waals surface area (Å²) in [6.45, 7) is 4.28. The summed E-state index contributed by atoms with van der Waals surface area (Å²) in [4.78, 5) is 13.4. The van der Waals surface area contributed by atoms with Crippen molar-refractivity contribution in [1.29, 1.82) is 5.26 Å². The largest absolute Gasteiger partial charge is 0.382 e. The molecule has 0 aliphatic rings. The number of nitrogens with two attached hydrogens (primary N) is 1. The van der Waals surface area contributed by atoms with Gasteiger partial charge in [0.15, 0.2) is 5.82 Å². The number of nitrogens with zero attached hydrogens (tertiary/aromatic N) is 3. The Kier molecular flexibility index (Phi) is 4.29. The van der Waals surface area contributed by atoms with E-state index in [2.05, 4.69) is 9.69 Å². The van der Waals surface area contributed by atoms with Gasteiger partial charge in [-0.15, -0.1) is 0 Å². The van der Waals surface area contributed by atoms with Crippen molar-refractivity contribution in [2.45, 2.75) is 19.9 Å². The Morgan fingerprint density at radius 1 is 1.76 bits per heavy atom. The van der Waals surface area contributed by atoms with Gasteiger partial charge in [-0.1, -0.05) is 0 Å². The van der Waals surface area contributed by atoms with Gasteiger partial charge in [-0.25, -0.2) is 0 Å². The first-order chi connectivity index (χ1) is 8.01. The summed E-state index contributed by atoms with van der Waals surface area (Å²) in [5, 5.41) is 12.4. The first-order valence-electron chi connectivity index (χ1n) is 5.18. The molecule has 0 aliphatic heterocycles. The second-order valence-electron chi connectivity index (χ2n) is 3.60. The highest BCUT2D eigenvalue weighted by Gasteiger charge is 2.19. The van der Waals surface area contributed by atoms with E-state index < -0.39 is 6.04 Å². The summed E-state index contributed by atoms with van der Waals surface area (Å²) >= 11 is 1.09. The summed E-state index contributed by atoms with van der Waals surface area (Å²) in [5.74, 6) is 0.159. The lowest BCUT2D eigenvalue weighted by atomic mass is 10.2. The van der Waals surface area contributed by atoms with Crippen molar-refractivity contribution in [3.05, 3.63) is 5.56 Å². The molecule has 1 heterocycles. The van der Waals surface area contributed by atoms with Crippen molar-refractivity contribution in [2.24, 2.45) is 0 Å². The van der Waals surface area contributed by atoms with E-state index in [1.54, 1.807) is 18.9 Å². The van der Waals surface area contributed by atoms with Crippen LogP contribution in [0, 0.1) is 11.3 Å². The summed E-state index contributed by atoms with van der Waals surface area (Å²) in [7, 11) is 1.73. The van der Waals surface area contributed by atoms with Crippen LogP contribution in [0.15, 0.2) is 0 Å². The third kappa shape index (κ3) is 2.85. The molecule has 0 spiro atoms. The molecule has 0 radical (unpaired) electrons. The van der Waals surface area contributed by atoms with Gasteiger partial charge in [0.1, 0.15) is 22.7 Å². The van der Waals surface area contributed by atoms with Gasteiger partial charge < -0.3 is 16.0 Å². The Morgan fingerprint density at radius 2 is 2.41 bits per heavy atom. The van der Waals surface area contributed by atoms with Crippen LogP contribution in [0.4, 0.5) is 10.8 Å².